The van der Waals surface area contributed by atoms with E-state index in [1.807, 2.05) is 30.5 Å². The van der Waals surface area contributed by atoms with Gasteiger partial charge in [-0.2, -0.15) is 0 Å². The van der Waals surface area contributed by atoms with E-state index in [-0.39, 0.29) is 0 Å². The molecule has 3 rings (SSSR count). The van der Waals surface area contributed by atoms with Gasteiger partial charge in [-0.15, -0.1) is 11.3 Å². The van der Waals surface area contributed by atoms with Crippen LogP contribution in [0.25, 0.3) is 11.0 Å². The van der Waals surface area contributed by atoms with Crippen LogP contribution >= 0.6 is 11.3 Å². The molecule has 0 bridgehead atoms. The Hall–Kier alpha value is -1.72. The van der Waals surface area contributed by atoms with E-state index in [4.69, 9.17) is 0 Å². The van der Waals surface area contributed by atoms with Crippen LogP contribution in [-0.2, 0) is 13.0 Å². The van der Waals surface area contributed by atoms with Gasteiger partial charge in [0.15, 0.2) is 0 Å². The predicted molar refractivity (Wildman–Crippen MR) is 83.0 cm³/mol. The topological polar surface area (TPSA) is 53.6 Å². The van der Waals surface area contributed by atoms with Crippen LogP contribution in [0.15, 0.2) is 30.5 Å². The number of imidazole rings is 1. The van der Waals surface area contributed by atoms with Crippen LogP contribution < -0.4 is 5.32 Å². The van der Waals surface area contributed by atoms with Crippen molar-refractivity contribution in [3.8, 4) is 0 Å². The van der Waals surface area contributed by atoms with Crippen LogP contribution in [0.3, 0.4) is 0 Å². The molecule has 1 aromatic carbocycles. The van der Waals surface area contributed by atoms with Crippen molar-refractivity contribution in [3.63, 3.8) is 0 Å². The maximum atomic E-state index is 4.59. The fraction of sp³-hybridized carbons (Fsp3) is 0.333. The third-order valence-corrected chi connectivity index (χ3v) is 4.04. The van der Waals surface area contributed by atoms with E-state index in [1.54, 1.807) is 11.3 Å². The zero-order chi connectivity index (χ0) is 13.9. The number of aromatic amines is 1. The lowest BCUT2D eigenvalue weighted by molar-refractivity contribution is 0.593. The Bertz CT molecular complexity index is 666. The van der Waals surface area contributed by atoms with Crippen molar-refractivity contribution in [1.29, 1.82) is 0 Å². The predicted octanol–water partition coefficient (Wildman–Crippen LogP) is 3.11. The smallest absolute Gasteiger partial charge is 0.114 e. The highest BCUT2D eigenvalue weighted by Crippen LogP contribution is 2.18. The van der Waals surface area contributed by atoms with Gasteiger partial charge in [-0.3, -0.25) is 0 Å². The number of nitrogens with one attached hydrogen (secondary N) is 2. The molecule has 0 fully saturated rings. The fourth-order valence-electron chi connectivity index (χ4n) is 2.05. The molecule has 0 unspecified atom stereocenters. The molecule has 0 atom stereocenters. The number of H-pyrrole nitrogens is 1. The number of fused-ring (bicyclic) bond motifs is 1. The molecule has 0 spiro atoms. The number of hydrogen-bond donors (Lipinski definition) is 2. The number of nitrogens with zero attached hydrogens (tertiary/aromatic N) is 2. The van der Waals surface area contributed by atoms with E-state index in [9.17, 15) is 0 Å². The first-order valence-electron chi connectivity index (χ1n) is 6.81. The molecule has 104 valence electrons. The van der Waals surface area contributed by atoms with E-state index in [0.717, 1.165) is 34.8 Å². The van der Waals surface area contributed by atoms with Crippen molar-refractivity contribution in [3.05, 3.63) is 46.2 Å². The van der Waals surface area contributed by atoms with Gasteiger partial charge >= 0.3 is 0 Å². The van der Waals surface area contributed by atoms with Gasteiger partial charge in [0.25, 0.3) is 0 Å². The molecular weight excluding hydrogens is 268 g/mol. The molecule has 0 aliphatic heterocycles. The second-order valence-electron chi connectivity index (χ2n) is 5.13. The molecule has 0 saturated heterocycles. The first-order valence-corrected chi connectivity index (χ1v) is 7.63. The average Bonchev–Trinajstić information content (AvgIpc) is 3.02. The Balaban J connectivity index is 1.71. The van der Waals surface area contributed by atoms with Gasteiger partial charge in [0.05, 0.1) is 17.5 Å². The van der Waals surface area contributed by atoms with Gasteiger partial charge in [-0.05, 0) is 12.1 Å². The standard InChI is InChI=1S/C15H18N4S/c1-10(2)16-8-11-9-17-15(20-11)7-14-18-12-5-3-4-6-13(12)19-14/h3-6,9-10,16H,7-8H2,1-2H3,(H,18,19). The Labute approximate surface area is 122 Å². The second kappa shape index (κ2) is 5.73. The zero-order valence-electron chi connectivity index (χ0n) is 11.7. The summed E-state index contributed by atoms with van der Waals surface area (Å²) in [6.45, 7) is 5.18. The highest BCUT2D eigenvalue weighted by molar-refractivity contribution is 7.11. The van der Waals surface area contributed by atoms with Gasteiger partial charge in [-0.25, -0.2) is 9.97 Å². The Morgan fingerprint density at radius 1 is 1.30 bits per heavy atom. The summed E-state index contributed by atoms with van der Waals surface area (Å²) in [5.41, 5.74) is 2.10. The van der Waals surface area contributed by atoms with Gasteiger partial charge in [0, 0.05) is 23.7 Å². The highest BCUT2D eigenvalue weighted by Gasteiger charge is 2.07. The lowest BCUT2D eigenvalue weighted by atomic mass is 10.3. The molecule has 2 heterocycles. The van der Waals surface area contributed by atoms with Gasteiger partial charge in [-0.1, -0.05) is 26.0 Å². The normalized spacial score (nSPS) is 11.6. The summed E-state index contributed by atoms with van der Waals surface area (Å²) in [7, 11) is 0. The van der Waals surface area contributed by atoms with Crippen LogP contribution in [0.4, 0.5) is 0 Å². The number of rotatable bonds is 5. The summed E-state index contributed by atoms with van der Waals surface area (Å²) in [5.74, 6) is 0.976. The summed E-state index contributed by atoms with van der Waals surface area (Å²) in [6.07, 6.45) is 2.72. The highest BCUT2D eigenvalue weighted by atomic mass is 32.1. The van der Waals surface area contributed by atoms with E-state index in [0.29, 0.717) is 6.04 Å². The van der Waals surface area contributed by atoms with Crippen molar-refractivity contribution >= 4 is 22.4 Å². The summed E-state index contributed by atoms with van der Waals surface area (Å²) in [6, 6.07) is 8.59. The minimum absolute atomic E-state index is 0.496. The number of para-hydroxylation sites is 2. The van der Waals surface area contributed by atoms with Gasteiger partial charge < -0.3 is 10.3 Å². The summed E-state index contributed by atoms with van der Waals surface area (Å²) in [4.78, 5) is 13.7. The van der Waals surface area contributed by atoms with Crippen molar-refractivity contribution in [2.24, 2.45) is 0 Å². The summed E-state index contributed by atoms with van der Waals surface area (Å²) >= 11 is 1.75. The molecular formula is C15H18N4S. The second-order valence-corrected chi connectivity index (χ2v) is 6.33. The molecule has 5 heteroatoms. The van der Waals surface area contributed by atoms with Crippen molar-refractivity contribution in [1.82, 2.24) is 20.3 Å². The Kier molecular flexibility index (Phi) is 3.80. The van der Waals surface area contributed by atoms with Crippen molar-refractivity contribution in [2.45, 2.75) is 32.9 Å². The number of benzene rings is 1. The van der Waals surface area contributed by atoms with E-state index < -0.39 is 0 Å². The van der Waals surface area contributed by atoms with Gasteiger partial charge in [0.1, 0.15) is 10.8 Å². The molecule has 0 radical (unpaired) electrons. The summed E-state index contributed by atoms with van der Waals surface area (Å²) in [5, 5.41) is 4.51. The molecule has 2 aromatic heterocycles. The van der Waals surface area contributed by atoms with Crippen LogP contribution in [0, 0.1) is 0 Å². The lowest BCUT2D eigenvalue weighted by Gasteiger charge is -2.04. The number of aromatic nitrogens is 3. The summed E-state index contributed by atoms with van der Waals surface area (Å²) < 4.78 is 0. The van der Waals surface area contributed by atoms with Crippen LogP contribution in [-0.4, -0.2) is 21.0 Å². The third kappa shape index (κ3) is 3.05. The Morgan fingerprint density at radius 2 is 2.15 bits per heavy atom. The molecule has 4 nitrogen and oxygen atoms in total. The molecule has 20 heavy (non-hydrogen) atoms. The number of thiazole rings is 1. The molecule has 0 saturated carbocycles. The van der Waals surface area contributed by atoms with E-state index in [1.165, 1.54) is 4.88 Å². The zero-order valence-corrected chi connectivity index (χ0v) is 12.5. The maximum absolute atomic E-state index is 4.59. The lowest BCUT2D eigenvalue weighted by Crippen LogP contribution is -2.21. The van der Waals surface area contributed by atoms with Crippen molar-refractivity contribution < 1.29 is 0 Å². The van der Waals surface area contributed by atoms with Crippen LogP contribution in [0.1, 0.15) is 29.6 Å². The monoisotopic (exact) mass is 286 g/mol. The first kappa shape index (κ1) is 13.3. The van der Waals surface area contributed by atoms with Crippen molar-refractivity contribution in [2.75, 3.05) is 0 Å². The minimum Gasteiger partial charge on any atom is -0.342 e. The quantitative estimate of drug-likeness (QED) is 0.757. The Morgan fingerprint density at radius 3 is 2.95 bits per heavy atom. The van der Waals surface area contributed by atoms with Gasteiger partial charge in [0.2, 0.25) is 0 Å². The van der Waals surface area contributed by atoms with E-state index in [2.05, 4.69) is 34.1 Å². The first-order chi connectivity index (χ1) is 9.70. The minimum atomic E-state index is 0.496. The van der Waals surface area contributed by atoms with Crippen LogP contribution in [0.2, 0.25) is 0 Å². The van der Waals surface area contributed by atoms with E-state index >= 15 is 0 Å². The third-order valence-electron chi connectivity index (χ3n) is 3.04. The molecule has 3 aromatic rings. The number of hydrogen-bond acceptors (Lipinski definition) is 4. The molecule has 0 aliphatic carbocycles. The maximum Gasteiger partial charge on any atom is 0.114 e. The molecule has 0 aliphatic rings. The largest absolute Gasteiger partial charge is 0.342 e. The van der Waals surface area contributed by atoms with Crippen LogP contribution in [0.5, 0.6) is 0 Å². The SMILES string of the molecule is CC(C)NCc1cnc(Cc2nc3ccccc3[nH]2)s1. The fourth-order valence-corrected chi connectivity index (χ4v) is 2.93. The molecule has 0 amide bonds. The molecule has 2 N–H and O–H groups in total. The average molecular weight is 286 g/mol.